The minimum absolute atomic E-state index is 0.0473. The number of aliphatic hydroxyl groups is 1. The van der Waals surface area contributed by atoms with E-state index in [1.807, 2.05) is 13.0 Å². The summed E-state index contributed by atoms with van der Waals surface area (Å²) in [5, 5.41) is 40.6. The van der Waals surface area contributed by atoms with E-state index in [2.05, 4.69) is 17.1 Å². The number of nitriles is 2. The fraction of sp³-hybridized carbons (Fsp3) is 0.444. The second-order valence-corrected chi connectivity index (χ2v) is 11.4. The van der Waals surface area contributed by atoms with Crippen molar-refractivity contribution in [1.82, 2.24) is 9.88 Å². The van der Waals surface area contributed by atoms with Gasteiger partial charge >= 0.3 is 6.09 Å². The minimum atomic E-state index is -1.37. The summed E-state index contributed by atoms with van der Waals surface area (Å²) in [7, 11) is 0. The molecule has 1 saturated heterocycles. The monoisotopic (exact) mass is 536 g/mol. The first-order chi connectivity index (χ1) is 17.8. The van der Waals surface area contributed by atoms with Crippen molar-refractivity contribution in [3.63, 3.8) is 0 Å². The van der Waals surface area contributed by atoms with Crippen LogP contribution in [0.1, 0.15) is 61.6 Å². The number of primary amides is 1. The number of hydrogen-bond acceptors (Lipinski definition) is 8. The number of carbonyl (C=O) groups is 2. The highest BCUT2D eigenvalue weighted by molar-refractivity contribution is 8.00. The third-order valence-electron chi connectivity index (χ3n) is 6.54. The number of β-amino-alcohol motifs (C(OH)–C–C–N with tert-alkyl or cyclic N) is 1. The van der Waals surface area contributed by atoms with Crippen molar-refractivity contribution in [2.24, 2.45) is 5.73 Å². The molecule has 2 aromatic rings. The van der Waals surface area contributed by atoms with Crippen molar-refractivity contribution in [3.8, 4) is 12.1 Å². The highest BCUT2D eigenvalue weighted by Crippen LogP contribution is 2.40. The number of thioether (sulfide) groups is 1. The Bertz CT molecular complexity index is 1300. The predicted molar refractivity (Wildman–Crippen MR) is 144 cm³/mol. The molecule has 2 heterocycles. The molecule has 0 saturated carbocycles. The van der Waals surface area contributed by atoms with Crippen molar-refractivity contribution in [2.45, 2.75) is 62.0 Å². The average molecular weight is 537 g/mol. The Morgan fingerprint density at radius 1 is 1.24 bits per heavy atom. The summed E-state index contributed by atoms with van der Waals surface area (Å²) in [6, 6.07) is 13.2. The lowest BCUT2D eigenvalue weighted by molar-refractivity contribution is -0.117. The molecule has 11 heteroatoms. The summed E-state index contributed by atoms with van der Waals surface area (Å²) in [5.74, 6) is -0.307. The summed E-state index contributed by atoms with van der Waals surface area (Å²) in [6.07, 6.45) is -0.503. The lowest BCUT2D eigenvalue weighted by Gasteiger charge is -2.38. The fourth-order valence-corrected chi connectivity index (χ4v) is 5.64. The van der Waals surface area contributed by atoms with Crippen LogP contribution in [0.25, 0.3) is 0 Å². The van der Waals surface area contributed by atoms with E-state index in [0.717, 1.165) is 11.8 Å². The van der Waals surface area contributed by atoms with Gasteiger partial charge in [-0.05, 0) is 44.7 Å². The van der Waals surface area contributed by atoms with Gasteiger partial charge in [0.1, 0.15) is 33.8 Å². The highest BCUT2D eigenvalue weighted by Gasteiger charge is 2.43. The Labute approximate surface area is 226 Å². The highest BCUT2D eigenvalue weighted by atomic mass is 32.2. The van der Waals surface area contributed by atoms with Crippen LogP contribution in [0.15, 0.2) is 35.4 Å². The molecule has 1 aromatic carbocycles. The number of carbonyl (C=O) groups excluding carboxylic acids is 1. The normalized spacial score (nSPS) is 17.9. The maximum atomic E-state index is 12.4. The second-order valence-electron chi connectivity index (χ2n) is 10.3. The first kappa shape index (κ1) is 28.8. The molecule has 0 spiro atoms. The molecule has 1 aliphatic rings. The number of amides is 2. The minimum Gasteiger partial charge on any atom is -0.465 e. The number of nitrogens with zero attached hydrogens (tertiary/aromatic N) is 5. The number of hydrogen-bond donors (Lipinski definition) is 3. The van der Waals surface area contributed by atoms with E-state index in [1.165, 1.54) is 4.90 Å². The largest absolute Gasteiger partial charge is 0.465 e. The number of anilines is 1. The average Bonchev–Trinajstić information content (AvgIpc) is 3.26. The van der Waals surface area contributed by atoms with Crippen molar-refractivity contribution >= 4 is 29.6 Å². The molecule has 1 fully saturated rings. The van der Waals surface area contributed by atoms with E-state index in [1.54, 1.807) is 49.9 Å². The molecule has 1 aromatic heterocycles. The van der Waals surface area contributed by atoms with Crippen LogP contribution in [0.3, 0.4) is 0 Å². The number of pyridine rings is 1. The predicted octanol–water partition coefficient (Wildman–Crippen LogP) is 3.43. The standard InChI is InChI=1S/C27H32N6O4S/c1-5-18-19(13-28)23(32-12-11-27(37,15-32)16-33(25(35)36)26(2,3)4)31-24(20(18)14-29)38-21(22(30)34)17-9-7-6-8-10-17/h6-10,21,37H,5,11-12,15-16H2,1-4H3,(H2,30,34)(H,35,36). The quantitative estimate of drug-likeness (QED) is 0.428. The van der Waals surface area contributed by atoms with Gasteiger partial charge in [-0.1, -0.05) is 49.0 Å². The van der Waals surface area contributed by atoms with Gasteiger partial charge in [0.25, 0.3) is 0 Å². The number of benzene rings is 1. The molecule has 2 atom stereocenters. The molecule has 200 valence electrons. The Hall–Kier alpha value is -3.80. The molecular formula is C27H32N6O4S. The van der Waals surface area contributed by atoms with Crippen LogP contribution in [0.5, 0.6) is 0 Å². The van der Waals surface area contributed by atoms with Gasteiger partial charge in [0, 0.05) is 18.6 Å². The molecule has 0 bridgehead atoms. The summed E-state index contributed by atoms with van der Waals surface area (Å²) in [5.41, 5.74) is 5.21. The molecule has 2 unspecified atom stereocenters. The maximum absolute atomic E-state index is 12.4. The number of aromatic nitrogens is 1. The lowest BCUT2D eigenvalue weighted by Crippen LogP contribution is -2.54. The maximum Gasteiger partial charge on any atom is 0.407 e. The van der Waals surface area contributed by atoms with Crippen LogP contribution < -0.4 is 10.6 Å². The van der Waals surface area contributed by atoms with Gasteiger partial charge in [0.2, 0.25) is 5.91 Å². The molecule has 0 aliphatic carbocycles. The number of carboxylic acid groups (broad SMARTS) is 1. The molecule has 2 amide bonds. The van der Waals surface area contributed by atoms with Crippen molar-refractivity contribution in [2.75, 3.05) is 24.5 Å². The van der Waals surface area contributed by atoms with Crippen molar-refractivity contribution in [3.05, 3.63) is 52.6 Å². The van der Waals surface area contributed by atoms with Crippen LogP contribution >= 0.6 is 11.8 Å². The first-order valence-corrected chi connectivity index (χ1v) is 13.1. The topological polar surface area (TPSA) is 168 Å². The SMILES string of the molecule is CCc1c(C#N)c(SC(C(N)=O)c2ccccc2)nc(N2CCC(O)(CN(C(=O)O)C(C)(C)C)C2)c1C#N. The van der Waals surface area contributed by atoms with Gasteiger partial charge in [-0.3, -0.25) is 4.79 Å². The first-order valence-electron chi connectivity index (χ1n) is 12.2. The zero-order chi connectivity index (χ0) is 28.3. The van der Waals surface area contributed by atoms with Crippen LogP contribution in [0.4, 0.5) is 10.6 Å². The molecule has 4 N–H and O–H groups in total. The molecule has 1 aliphatic heterocycles. The smallest absolute Gasteiger partial charge is 0.407 e. The van der Waals surface area contributed by atoms with Crippen LogP contribution in [-0.2, 0) is 11.2 Å². The third-order valence-corrected chi connectivity index (χ3v) is 7.80. The van der Waals surface area contributed by atoms with Crippen molar-refractivity contribution in [1.29, 1.82) is 10.5 Å². The van der Waals surface area contributed by atoms with E-state index < -0.39 is 28.4 Å². The third kappa shape index (κ3) is 6.01. The molecule has 3 rings (SSSR count). The molecular weight excluding hydrogens is 504 g/mol. The van der Waals surface area contributed by atoms with E-state index >= 15 is 0 Å². The summed E-state index contributed by atoms with van der Waals surface area (Å²) in [6.45, 7) is 7.36. The Balaban J connectivity index is 2.05. The number of rotatable bonds is 8. The van der Waals surface area contributed by atoms with Gasteiger partial charge in [0.05, 0.1) is 17.7 Å². The molecule has 0 radical (unpaired) electrons. The summed E-state index contributed by atoms with van der Waals surface area (Å²) < 4.78 is 0. The van der Waals surface area contributed by atoms with Gasteiger partial charge < -0.3 is 25.7 Å². The Morgan fingerprint density at radius 3 is 2.37 bits per heavy atom. The van der Waals surface area contributed by atoms with Gasteiger partial charge in [-0.2, -0.15) is 10.5 Å². The molecule has 38 heavy (non-hydrogen) atoms. The lowest BCUT2D eigenvalue weighted by atomic mass is 9.98. The fourth-order valence-electron chi connectivity index (χ4n) is 4.58. The van der Waals surface area contributed by atoms with E-state index in [4.69, 9.17) is 5.73 Å². The van der Waals surface area contributed by atoms with Gasteiger partial charge in [-0.15, -0.1) is 0 Å². The van der Waals surface area contributed by atoms with Crippen molar-refractivity contribution < 1.29 is 19.8 Å². The van der Waals surface area contributed by atoms with Gasteiger partial charge in [-0.25, -0.2) is 9.78 Å². The Kier molecular flexibility index (Phi) is 8.55. The van der Waals surface area contributed by atoms with Crippen LogP contribution in [0, 0.1) is 22.7 Å². The zero-order valence-electron chi connectivity index (χ0n) is 21.9. The van der Waals surface area contributed by atoms with E-state index in [-0.39, 0.29) is 41.5 Å². The van der Waals surface area contributed by atoms with Crippen LogP contribution in [0.2, 0.25) is 0 Å². The molecule has 10 nitrogen and oxygen atoms in total. The Morgan fingerprint density at radius 2 is 1.87 bits per heavy atom. The van der Waals surface area contributed by atoms with E-state index in [9.17, 15) is 30.3 Å². The number of nitrogens with two attached hydrogens (primary N) is 1. The second kappa shape index (κ2) is 11.3. The summed E-state index contributed by atoms with van der Waals surface area (Å²) in [4.78, 5) is 31.9. The van der Waals surface area contributed by atoms with Crippen LogP contribution in [-0.4, -0.2) is 62.9 Å². The zero-order valence-corrected chi connectivity index (χ0v) is 22.7. The van der Waals surface area contributed by atoms with Gasteiger partial charge in [0.15, 0.2) is 0 Å². The summed E-state index contributed by atoms with van der Waals surface area (Å²) >= 11 is 1.05. The van der Waals surface area contributed by atoms with E-state index in [0.29, 0.717) is 24.1 Å².